The third-order valence-corrected chi connectivity index (χ3v) is 3.83. The van der Waals surface area contributed by atoms with Crippen LogP contribution < -0.4 is 5.32 Å². The van der Waals surface area contributed by atoms with Gasteiger partial charge >= 0.3 is 0 Å². The van der Waals surface area contributed by atoms with Gasteiger partial charge in [0.15, 0.2) is 11.6 Å². The van der Waals surface area contributed by atoms with E-state index >= 15 is 0 Å². The molecule has 1 saturated carbocycles. The summed E-state index contributed by atoms with van der Waals surface area (Å²) in [5.41, 5.74) is 2.38. The second kappa shape index (κ2) is 5.93. The van der Waals surface area contributed by atoms with Crippen LogP contribution in [0.15, 0.2) is 12.3 Å². The second-order valence-corrected chi connectivity index (χ2v) is 5.70. The normalized spacial score (nSPS) is 14.6. The van der Waals surface area contributed by atoms with Gasteiger partial charge in [0.2, 0.25) is 0 Å². The van der Waals surface area contributed by atoms with Crippen molar-refractivity contribution in [3.8, 4) is 5.82 Å². The fourth-order valence-corrected chi connectivity index (χ4v) is 2.43. The molecule has 0 aliphatic heterocycles. The Morgan fingerprint density at radius 2 is 2.10 bits per heavy atom. The standard InChI is InChI=1S/C16H23N5/c1-4-14-19-15(5-2)21(20-14)16-11(3)8-12(10-18-16)9-17-13-6-7-13/h8,10,13,17H,4-7,9H2,1-3H3. The van der Waals surface area contributed by atoms with Gasteiger partial charge in [-0.05, 0) is 37.0 Å². The van der Waals surface area contributed by atoms with Gasteiger partial charge in [-0.1, -0.05) is 13.8 Å². The molecular weight excluding hydrogens is 262 g/mol. The van der Waals surface area contributed by atoms with Crippen LogP contribution in [0.4, 0.5) is 0 Å². The Kier molecular flexibility index (Phi) is 4.01. The summed E-state index contributed by atoms with van der Waals surface area (Å²) in [7, 11) is 0. The van der Waals surface area contributed by atoms with Crippen molar-refractivity contribution in [2.24, 2.45) is 0 Å². The number of nitrogens with zero attached hydrogens (tertiary/aromatic N) is 4. The zero-order valence-corrected chi connectivity index (χ0v) is 13.1. The van der Waals surface area contributed by atoms with E-state index in [9.17, 15) is 0 Å². The maximum atomic E-state index is 4.62. The predicted octanol–water partition coefficient (Wildman–Crippen LogP) is 2.35. The summed E-state index contributed by atoms with van der Waals surface area (Å²) in [6, 6.07) is 2.92. The van der Waals surface area contributed by atoms with Gasteiger partial charge in [-0.2, -0.15) is 4.68 Å². The van der Waals surface area contributed by atoms with E-state index in [4.69, 9.17) is 0 Å². The average molecular weight is 285 g/mol. The Morgan fingerprint density at radius 3 is 2.71 bits per heavy atom. The predicted molar refractivity (Wildman–Crippen MR) is 82.5 cm³/mol. The highest BCUT2D eigenvalue weighted by molar-refractivity contribution is 5.35. The van der Waals surface area contributed by atoms with E-state index < -0.39 is 0 Å². The number of rotatable bonds is 6. The van der Waals surface area contributed by atoms with E-state index in [0.29, 0.717) is 0 Å². The highest BCUT2D eigenvalue weighted by Gasteiger charge is 2.20. The zero-order chi connectivity index (χ0) is 14.8. The lowest BCUT2D eigenvalue weighted by molar-refractivity contribution is 0.683. The Bertz CT molecular complexity index is 628. The molecule has 2 aromatic heterocycles. The van der Waals surface area contributed by atoms with E-state index in [-0.39, 0.29) is 0 Å². The molecule has 112 valence electrons. The van der Waals surface area contributed by atoms with Gasteiger partial charge in [0.25, 0.3) is 0 Å². The molecule has 0 spiro atoms. The van der Waals surface area contributed by atoms with Crippen LogP contribution in [-0.2, 0) is 19.4 Å². The first-order valence-electron chi connectivity index (χ1n) is 7.85. The third kappa shape index (κ3) is 3.13. The van der Waals surface area contributed by atoms with Crippen molar-refractivity contribution >= 4 is 0 Å². The van der Waals surface area contributed by atoms with Gasteiger partial charge in [0, 0.05) is 31.6 Å². The van der Waals surface area contributed by atoms with Crippen LogP contribution in [0.2, 0.25) is 0 Å². The molecule has 1 aliphatic carbocycles. The molecule has 0 radical (unpaired) electrons. The molecule has 1 fully saturated rings. The van der Waals surface area contributed by atoms with Crippen LogP contribution in [-0.4, -0.2) is 25.8 Å². The molecular formula is C16H23N5. The molecule has 0 unspecified atom stereocenters. The smallest absolute Gasteiger partial charge is 0.158 e. The topological polar surface area (TPSA) is 55.6 Å². The molecule has 0 atom stereocenters. The minimum atomic E-state index is 0.721. The van der Waals surface area contributed by atoms with Gasteiger partial charge in [-0.15, -0.1) is 5.10 Å². The van der Waals surface area contributed by atoms with Crippen molar-refractivity contribution < 1.29 is 0 Å². The molecule has 0 amide bonds. The summed E-state index contributed by atoms with van der Waals surface area (Å²) in [4.78, 5) is 9.18. The van der Waals surface area contributed by atoms with Gasteiger partial charge in [0.1, 0.15) is 5.82 Å². The minimum Gasteiger partial charge on any atom is -0.310 e. The average Bonchev–Trinajstić information content (AvgIpc) is 3.23. The molecule has 2 heterocycles. The fourth-order valence-electron chi connectivity index (χ4n) is 2.43. The molecule has 3 rings (SSSR count). The molecule has 1 aliphatic rings. The first-order chi connectivity index (χ1) is 10.2. The first-order valence-corrected chi connectivity index (χ1v) is 7.85. The Hall–Kier alpha value is -1.75. The number of hydrogen-bond donors (Lipinski definition) is 1. The summed E-state index contributed by atoms with van der Waals surface area (Å²) in [6.45, 7) is 7.17. The number of nitrogens with one attached hydrogen (secondary N) is 1. The summed E-state index contributed by atoms with van der Waals surface area (Å²) >= 11 is 0. The van der Waals surface area contributed by atoms with E-state index in [1.165, 1.54) is 18.4 Å². The molecule has 1 N–H and O–H groups in total. The summed E-state index contributed by atoms with van der Waals surface area (Å²) in [5.74, 6) is 2.76. The van der Waals surface area contributed by atoms with Crippen LogP contribution in [0.1, 0.15) is 49.5 Å². The number of hydrogen-bond acceptors (Lipinski definition) is 4. The summed E-state index contributed by atoms with van der Waals surface area (Å²) in [5, 5.41) is 8.09. The van der Waals surface area contributed by atoms with Crippen molar-refractivity contribution in [3.63, 3.8) is 0 Å². The summed E-state index contributed by atoms with van der Waals surface area (Å²) in [6.07, 6.45) is 6.28. The van der Waals surface area contributed by atoms with Crippen LogP contribution in [0, 0.1) is 6.92 Å². The highest BCUT2D eigenvalue weighted by atomic mass is 15.4. The van der Waals surface area contributed by atoms with Gasteiger partial charge in [-0.3, -0.25) is 0 Å². The van der Waals surface area contributed by atoms with E-state index in [0.717, 1.165) is 48.5 Å². The third-order valence-electron chi connectivity index (χ3n) is 3.83. The van der Waals surface area contributed by atoms with E-state index in [1.807, 2.05) is 10.9 Å². The maximum absolute atomic E-state index is 4.62. The van der Waals surface area contributed by atoms with Crippen LogP contribution in [0.25, 0.3) is 5.82 Å². The zero-order valence-electron chi connectivity index (χ0n) is 13.1. The first kappa shape index (κ1) is 14.2. The van der Waals surface area contributed by atoms with E-state index in [1.54, 1.807) is 0 Å². The van der Waals surface area contributed by atoms with E-state index in [2.05, 4.69) is 47.2 Å². The molecule has 0 aromatic carbocycles. The molecule has 2 aromatic rings. The quantitative estimate of drug-likeness (QED) is 0.885. The monoisotopic (exact) mass is 285 g/mol. The minimum absolute atomic E-state index is 0.721. The van der Waals surface area contributed by atoms with Crippen molar-refractivity contribution in [2.75, 3.05) is 0 Å². The van der Waals surface area contributed by atoms with Gasteiger partial charge in [-0.25, -0.2) is 9.97 Å². The fraction of sp³-hybridized carbons (Fsp3) is 0.562. The summed E-state index contributed by atoms with van der Waals surface area (Å²) < 4.78 is 1.90. The van der Waals surface area contributed by atoms with Gasteiger partial charge in [0.05, 0.1) is 0 Å². The van der Waals surface area contributed by atoms with Crippen molar-refractivity contribution in [1.82, 2.24) is 25.1 Å². The molecule has 5 nitrogen and oxygen atoms in total. The van der Waals surface area contributed by atoms with Crippen molar-refractivity contribution in [3.05, 3.63) is 35.0 Å². The SMILES string of the molecule is CCc1nc(CC)n(-c2ncc(CNC3CC3)cc2C)n1. The molecule has 21 heavy (non-hydrogen) atoms. The van der Waals surface area contributed by atoms with Crippen molar-refractivity contribution in [2.45, 2.75) is 59.0 Å². The number of pyridine rings is 1. The molecule has 0 bridgehead atoms. The number of aromatic nitrogens is 4. The van der Waals surface area contributed by atoms with Crippen LogP contribution in [0.3, 0.4) is 0 Å². The lowest BCUT2D eigenvalue weighted by Crippen LogP contribution is -2.16. The molecule has 0 saturated heterocycles. The lowest BCUT2D eigenvalue weighted by Gasteiger charge is -2.09. The lowest BCUT2D eigenvalue weighted by atomic mass is 10.2. The second-order valence-electron chi connectivity index (χ2n) is 5.70. The van der Waals surface area contributed by atoms with Crippen molar-refractivity contribution in [1.29, 1.82) is 0 Å². The van der Waals surface area contributed by atoms with Gasteiger partial charge < -0.3 is 5.32 Å². The maximum Gasteiger partial charge on any atom is 0.158 e. The number of aryl methyl sites for hydroxylation is 3. The van der Waals surface area contributed by atoms with Crippen LogP contribution >= 0.6 is 0 Å². The Morgan fingerprint density at radius 1 is 1.29 bits per heavy atom. The Balaban J connectivity index is 1.85. The van der Waals surface area contributed by atoms with Crippen LogP contribution in [0.5, 0.6) is 0 Å². The largest absolute Gasteiger partial charge is 0.310 e. The Labute approximate surface area is 125 Å². The molecule has 5 heteroatoms. The highest BCUT2D eigenvalue weighted by Crippen LogP contribution is 2.20.